The van der Waals surface area contributed by atoms with Crippen molar-refractivity contribution in [3.63, 3.8) is 0 Å². The number of hydrogen-bond acceptors (Lipinski definition) is 1. The molecule has 0 aliphatic heterocycles. The van der Waals surface area contributed by atoms with Gasteiger partial charge in [0, 0.05) is 12.8 Å². The summed E-state index contributed by atoms with van der Waals surface area (Å²) >= 11 is 0. The second-order valence-electron chi connectivity index (χ2n) is 2.67. The van der Waals surface area contributed by atoms with Gasteiger partial charge >= 0.3 is 0 Å². The molecule has 0 radical (unpaired) electrons. The Morgan fingerprint density at radius 2 is 2.20 bits per heavy atom. The van der Waals surface area contributed by atoms with Gasteiger partial charge in [0.25, 0.3) is 0 Å². The zero-order valence-corrected chi connectivity index (χ0v) is 6.80. The molecule has 1 heteroatoms. The van der Waals surface area contributed by atoms with Crippen molar-refractivity contribution in [1.82, 2.24) is 0 Å². The Morgan fingerprint density at radius 1 is 1.60 bits per heavy atom. The summed E-state index contributed by atoms with van der Waals surface area (Å²) in [7, 11) is 0. The van der Waals surface area contributed by atoms with E-state index in [1.807, 2.05) is 0 Å². The Bertz CT molecular complexity index is 143. The van der Waals surface area contributed by atoms with Gasteiger partial charge in [-0.2, -0.15) is 0 Å². The van der Waals surface area contributed by atoms with E-state index in [2.05, 4.69) is 32.0 Å². The van der Waals surface area contributed by atoms with E-state index in [0.717, 1.165) is 12.1 Å². The molecule has 0 saturated carbocycles. The lowest BCUT2D eigenvalue weighted by Crippen LogP contribution is -1.92. The molecule has 0 fully saturated rings. The zero-order valence-electron chi connectivity index (χ0n) is 6.80. The van der Waals surface area contributed by atoms with Crippen molar-refractivity contribution in [2.24, 2.45) is 10.9 Å². The predicted octanol–water partition coefficient (Wildman–Crippen LogP) is 2.46. The van der Waals surface area contributed by atoms with Gasteiger partial charge in [-0.15, -0.1) is 0 Å². The molecule has 0 aliphatic carbocycles. The molecule has 56 valence electrons. The summed E-state index contributed by atoms with van der Waals surface area (Å²) in [4.78, 5) is 4.15. The summed E-state index contributed by atoms with van der Waals surface area (Å²) in [5.74, 6) is 0.619. The molecule has 0 rings (SSSR count). The lowest BCUT2D eigenvalue weighted by Gasteiger charge is -1.95. The highest BCUT2D eigenvalue weighted by atomic mass is 14.7. The van der Waals surface area contributed by atoms with Crippen LogP contribution in [0.5, 0.6) is 0 Å². The third-order valence-electron chi connectivity index (χ3n) is 0.990. The van der Waals surface area contributed by atoms with Crippen LogP contribution in [0.2, 0.25) is 0 Å². The second-order valence-corrected chi connectivity index (χ2v) is 2.67. The summed E-state index contributed by atoms with van der Waals surface area (Å²) in [6.45, 7) is 12.4. The minimum atomic E-state index is 0.619. The maximum atomic E-state index is 4.15. The maximum absolute atomic E-state index is 4.15. The summed E-state index contributed by atoms with van der Waals surface area (Å²) in [6.07, 6.45) is 3.46. The van der Waals surface area contributed by atoms with Crippen LogP contribution >= 0.6 is 0 Å². The van der Waals surface area contributed by atoms with E-state index >= 15 is 0 Å². The van der Waals surface area contributed by atoms with Crippen molar-refractivity contribution in [2.75, 3.05) is 6.54 Å². The number of aliphatic imine (C=N–C) groups is 1. The van der Waals surface area contributed by atoms with E-state index < -0.39 is 0 Å². The molecule has 10 heavy (non-hydrogen) atoms. The molecule has 0 unspecified atom stereocenters. The van der Waals surface area contributed by atoms with Crippen LogP contribution in [0.4, 0.5) is 0 Å². The highest BCUT2D eigenvalue weighted by Gasteiger charge is 1.87. The van der Waals surface area contributed by atoms with E-state index in [-0.39, 0.29) is 0 Å². The van der Waals surface area contributed by atoms with E-state index in [0.29, 0.717) is 5.92 Å². The minimum Gasteiger partial charge on any atom is -0.292 e. The number of allylic oxidation sites excluding steroid dienone is 2. The average molecular weight is 137 g/mol. The van der Waals surface area contributed by atoms with Gasteiger partial charge in [-0.05, 0) is 11.5 Å². The standard InChI is InChI=1S/C9H15N/c1-5-9(4)7-10-6-8(2)3/h5,7-8H,1,4,6H2,2-3H3. The summed E-state index contributed by atoms with van der Waals surface area (Å²) in [6, 6.07) is 0. The molecule has 0 aliphatic rings. The lowest BCUT2D eigenvalue weighted by molar-refractivity contribution is 0.667. The number of nitrogens with zero attached hydrogens (tertiary/aromatic N) is 1. The van der Waals surface area contributed by atoms with E-state index in [9.17, 15) is 0 Å². The van der Waals surface area contributed by atoms with Gasteiger partial charge in [-0.1, -0.05) is 33.1 Å². The number of rotatable bonds is 4. The summed E-state index contributed by atoms with van der Waals surface area (Å²) in [5.41, 5.74) is 0.876. The van der Waals surface area contributed by atoms with Gasteiger partial charge in [0.15, 0.2) is 0 Å². The van der Waals surface area contributed by atoms with Crippen LogP contribution in [-0.4, -0.2) is 12.8 Å². The molecule has 0 amide bonds. The molecule has 0 aromatic rings. The SMILES string of the molecule is C=CC(=C)C=NCC(C)C. The molecule has 0 bridgehead atoms. The molecule has 0 heterocycles. The Hall–Kier alpha value is -0.850. The highest BCUT2D eigenvalue weighted by Crippen LogP contribution is 1.92. The smallest absolute Gasteiger partial charge is 0.0412 e. The molecule has 1 nitrogen and oxygen atoms in total. The monoisotopic (exact) mass is 137 g/mol. The van der Waals surface area contributed by atoms with Gasteiger partial charge in [0.2, 0.25) is 0 Å². The van der Waals surface area contributed by atoms with Crippen molar-refractivity contribution in [2.45, 2.75) is 13.8 Å². The molecule has 0 aromatic carbocycles. The topological polar surface area (TPSA) is 12.4 Å². The summed E-state index contributed by atoms with van der Waals surface area (Å²) < 4.78 is 0. The van der Waals surface area contributed by atoms with E-state index in [1.54, 1.807) is 12.3 Å². The van der Waals surface area contributed by atoms with Gasteiger partial charge in [0.05, 0.1) is 0 Å². The van der Waals surface area contributed by atoms with Crippen LogP contribution in [0.3, 0.4) is 0 Å². The Labute approximate surface area is 63.2 Å². The fourth-order valence-corrected chi connectivity index (χ4v) is 0.433. The van der Waals surface area contributed by atoms with Crippen LogP contribution in [0.1, 0.15) is 13.8 Å². The third-order valence-corrected chi connectivity index (χ3v) is 0.990. The normalized spacial score (nSPS) is 10.7. The quantitative estimate of drug-likeness (QED) is 0.417. The van der Waals surface area contributed by atoms with Gasteiger partial charge < -0.3 is 0 Å². The Balaban J connectivity index is 3.55. The molecular formula is C9H15N. The van der Waals surface area contributed by atoms with Gasteiger partial charge in [0.1, 0.15) is 0 Å². The van der Waals surface area contributed by atoms with Gasteiger partial charge in [-0.25, -0.2) is 0 Å². The molecule has 0 atom stereocenters. The molecule has 0 saturated heterocycles. The van der Waals surface area contributed by atoms with Crippen LogP contribution < -0.4 is 0 Å². The van der Waals surface area contributed by atoms with E-state index in [1.165, 1.54) is 0 Å². The van der Waals surface area contributed by atoms with Crippen molar-refractivity contribution >= 4 is 6.21 Å². The summed E-state index contributed by atoms with van der Waals surface area (Å²) in [5, 5.41) is 0. The third kappa shape index (κ3) is 5.29. The first kappa shape index (κ1) is 9.15. The maximum Gasteiger partial charge on any atom is 0.0412 e. The van der Waals surface area contributed by atoms with Crippen molar-refractivity contribution in [3.8, 4) is 0 Å². The fourth-order valence-electron chi connectivity index (χ4n) is 0.433. The van der Waals surface area contributed by atoms with Crippen molar-refractivity contribution < 1.29 is 0 Å². The lowest BCUT2D eigenvalue weighted by atomic mass is 10.2. The van der Waals surface area contributed by atoms with Gasteiger partial charge in [-0.3, -0.25) is 4.99 Å². The van der Waals surface area contributed by atoms with Crippen LogP contribution in [0.25, 0.3) is 0 Å². The largest absolute Gasteiger partial charge is 0.292 e. The first-order valence-electron chi connectivity index (χ1n) is 3.48. The fraction of sp³-hybridized carbons (Fsp3) is 0.444. The minimum absolute atomic E-state index is 0.619. The van der Waals surface area contributed by atoms with Crippen molar-refractivity contribution in [1.29, 1.82) is 0 Å². The van der Waals surface area contributed by atoms with Crippen LogP contribution in [-0.2, 0) is 0 Å². The molecule has 0 spiro atoms. The average Bonchev–Trinajstić information content (AvgIpc) is 1.87. The van der Waals surface area contributed by atoms with E-state index in [4.69, 9.17) is 0 Å². The number of hydrogen-bond donors (Lipinski definition) is 0. The van der Waals surface area contributed by atoms with Crippen LogP contribution in [0, 0.1) is 5.92 Å². The highest BCUT2D eigenvalue weighted by molar-refractivity contribution is 5.80. The Kier molecular flexibility index (Phi) is 4.55. The van der Waals surface area contributed by atoms with Crippen LogP contribution in [0.15, 0.2) is 29.8 Å². The van der Waals surface area contributed by atoms with Crippen molar-refractivity contribution in [3.05, 3.63) is 24.8 Å². The Morgan fingerprint density at radius 3 is 2.60 bits per heavy atom. The first-order chi connectivity index (χ1) is 4.66. The first-order valence-corrected chi connectivity index (χ1v) is 3.48. The molecule has 0 aromatic heterocycles. The zero-order chi connectivity index (χ0) is 7.98. The molecule has 0 N–H and O–H groups in total. The molecular weight excluding hydrogens is 122 g/mol. The predicted molar refractivity (Wildman–Crippen MR) is 47.5 cm³/mol. The second kappa shape index (κ2) is 4.98.